The number of rotatable bonds is 6. The fraction of sp³-hybridized carbons (Fsp3) is 0.0741. The number of carboxylic acid groups (broad SMARTS) is 1. The molecule has 0 saturated heterocycles. The number of aromatic nitrogens is 3. The van der Waals surface area contributed by atoms with Gasteiger partial charge in [-0.25, -0.2) is 22.2 Å². The molecule has 0 aliphatic carbocycles. The van der Waals surface area contributed by atoms with Crippen molar-refractivity contribution in [3.63, 3.8) is 0 Å². The van der Waals surface area contributed by atoms with Crippen LogP contribution in [0.5, 0.6) is 5.75 Å². The number of ether oxygens (including phenoxy) is 1. The molecule has 5 rings (SSSR count). The van der Waals surface area contributed by atoms with Crippen molar-refractivity contribution in [2.45, 2.75) is 11.8 Å². The van der Waals surface area contributed by atoms with Crippen molar-refractivity contribution in [3.8, 4) is 28.0 Å². The van der Waals surface area contributed by atoms with Crippen LogP contribution in [0.3, 0.4) is 0 Å². The Morgan fingerprint density at radius 1 is 0.944 bits per heavy atom. The number of nitrogens with zero attached hydrogens (tertiary/aromatic N) is 3. The summed E-state index contributed by atoms with van der Waals surface area (Å²) in [6, 6.07) is 17.2. The van der Waals surface area contributed by atoms with Gasteiger partial charge in [0.15, 0.2) is 5.65 Å². The van der Waals surface area contributed by atoms with E-state index in [4.69, 9.17) is 4.74 Å². The molecule has 0 unspecified atom stereocenters. The standard InChI is InChI=1S/C27H21N3O5S/c1-17-7-9-21(10-8-17)36(33,34)30-16-24(22-5-3-4-6-25(22)35-2)23-12-19(15-29-26(23)30)18-11-20(27(31)32)14-28-13-18/h3-16H,1-2H3,(H,31,32). The van der Waals surface area contributed by atoms with E-state index in [-0.39, 0.29) is 16.1 Å². The zero-order valence-corrected chi connectivity index (χ0v) is 20.2. The lowest BCUT2D eigenvalue weighted by molar-refractivity contribution is 0.0696. The first-order valence-corrected chi connectivity index (χ1v) is 12.4. The zero-order chi connectivity index (χ0) is 25.4. The molecular formula is C27H21N3O5S. The monoisotopic (exact) mass is 499 g/mol. The van der Waals surface area contributed by atoms with Crippen LogP contribution >= 0.6 is 0 Å². The van der Waals surface area contributed by atoms with Crippen molar-refractivity contribution < 1.29 is 23.1 Å². The number of pyridine rings is 2. The van der Waals surface area contributed by atoms with Gasteiger partial charge in [0.25, 0.3) is 10.0 Å². The highest BCUT2D eigenvalue weighted by molar-refractivity contribution is 7.90. The fourth-order valence-corrected chi connectivity index (χ4v) is 5.37. The number of carboxylic acids is 1. The van der Waals surface area contributed by atoms with E-state index >= 15 is 0 Å². The van der Waals surface area contributed by atoms with Crippen LogP contribution < -0.4 is 4.74 Å². The van der Waals surface area contributed by atoms with Crippen LogP contribution in [0.15, 0.2) is 90.3 Å². The van der Waals surface area contributed by atoms with Gasteiger partial charge in [0, 0.05) is 52.4 Å². The largest absolute Gasteiger partial charge is 0.496 e. The Morgan fingerprint density at radius 3 is 2.39 bits per heavy atom. The quantitative estimate of drug-likeness (QED) is 0.349. The number of hydrogen-bond donors (Lipinski definition) is 1. The van der Waals surface area contributed by atoms with Crippen molar-refractivity contribution in [1.29, 1.82) is 0 Å². The number of fused-ring (bicyclic) bond motifs is 1. The second-order valence-electron chi connectivity index (χ2n) is 8.22. The number of methoxy groups -OCH3 is 1. The average Bonchev–Trinajstić information content (AvgIpc) is 3.28. The molecule has 3 heterocycles. The molecular weight excluding hydrogens is 478 g/mol. The Hall–Kier alpha value is -4.50. The van der Waals surface area contributed by atoms with E-state index in [1.807, 2.05) is 25.1 Å². The maximum absolute atomic E-state index is 13.6. The highest BCUT2D eigenvalue weighted by Gasteiger charge is 2.24. The molecule has 0 aliphatic heterocycles. The second kappa shape index (κ2) is 8.94. The first-order chi connectivity index (χ1) is 17.3. The van der Waals surface area contributed by atoms with Gasteiger partial charge < -0.3 is 9.84 Å². The summed E-state index contributed by atoms with van der Waals surface area (Å²) < 4.78 is 34.0. The second-order valence-corrected chi connectivity index (χ2v) is 10.0. The SMILES string of the molecule is COc1ccccc1-c1cn(S(=O)(=O)c2ccc(C)cc2)c2ncc(-c3cncc(C(=O)O)c3)cc12. The van der Waals surface area contributed by atoms with Gasteiger partial charge in [0.05, 0.1) is 17.6 Å². The number of para-hydroxylation sites is 1. The molecule has 36 heavy (non-hydrogen) atoms. The van der Waals surface area contributed by atoms with Crippen LogP contribution in [-0.2, 0) is 10.0 Å². The Kier molecular flexibility index (Phi) is 5.77. The highest BCUT2D eigenvalue weighted by atomic mass is 32.2. The summed E-state index contributed by atoms with van der Waals surface area (Å²) >= 11 is 0. The molecule has 180 valence electrons. The van der Waals surface area contributed by atoms with E-state index in [9.17, 15) is 18.3 Å². The minimum atomic E-state index is -3.96. The summed E-state index contributed by atoms with van der Waals surface area (Å²) in [5.74, 6) is -0.521. The summed E-state index contributed by atoms with van der Waals surface area (Å²) in [6.07, 6.45) is 5.86. The maximum atomic E-state index is 13.6. The normalized spacial score (nSPS) is 11.5. The van der Waals surface area contributed by atoms with Crippen molar-refractivity contribution >= 4 is 27.0 Å². The van der Waals surface area contributed by atoms with E-state index in [1.54, 1.807) is 49.7 Å². The molecule has 0 bridgehead atoms. The van der Waals surface area contributed by atoms with Gasteiger partial charge in [0.2, 0.25) is 0 Å². The molecule has 9 heteroatoms. The van der Waals surface area contributed by atoms with E-state index in [2.05, 4.69) is 9.97 Å². The van der Waals surface area contributed by atoms with Crippen LogP contribution in [0, 0.1) is 6.92 Å². The number of benzene rings is 2. The third kappa shape index (κ3) is 3.99. The van der Waals surface area contributed by atoms with Gasteiger partial charge in [-0.3, -0.25) is 4.98 Å². The van der Waals surface area contributed by atoms with E-state index in [0.29, 0.717) is 33.4 Å². The molecule has 0 fully saturated rings. The van der Waals surface area contributed by atoms with Crippen molar-refractivity contribution in [1.82, 2.24) is 13.9 Å². The van der Waals surface area contributed by atoms with Crippen LogP contribution in [0.25, 0.3) is 33.3 Å². The Bertz CT molecular complexity index is 1720. The number of carbonyl (C=O) groups is 1. The first kappa shape index (κ1) is 23.3. The van der Waals surface area contributed by atoms with Crippen LogP contribution in [-0.4, -0.2) is 40.5 Å². The lowest BCUT2D eigenvalue weighted by Crippen LogP contribution is -2.12. The third-order valence-corrected chi connectivity index (χ3v) is 7.57. The molecule has 3 aromatic heterocycles. The number of hydrogen-bond acceptors (Lipinski definition) is 6. The molecule has 0 radical (unpaired) electrons. The molecule has 0 saturated carbocycles. The molecule has 0 spiro atoms. The van der Waals surface area contributed by atoms with Gasteiger partial charge in [-0.15, -0.1) is 0 Å². The van der Waals surface area contributed by atoms with E-state index in [1.165, 1.54) is 28.6 Å². The molecule has 8 nitrogen and oxygen atoms in total. The summed E-state index contributed by atoms with van der Waals surface area (Å²) in [5.41, 5.74) is 3.67. The molecule has 1 N–H and O–H groups in total. The predicted molar refractivity (Wildman–Crippen MR) is 136 cm³/mol. The molecule has 0 amide bonds. The Labute approximate surface area is 207 Å². The Morgan fingerprint density at radius 2 is 1.67 bits per heavy atom. The summed E-state index contributed by atoms with van der Waals surface area (Å²) in [4.78, 5) is 20.1. The van der Waals surface area contributed by atoms with Crippen LogP contribution in [0.4, 0.5) is 0 Å². The van der Waals surface area contributed by atoms with Crippen LogP contribution in [0.1, 0.15) is 15.9 Å². The highest BCUT2D eigenvalue weighted by Crippen LogP contribution is 2.38. The lowest BCUT2D eigenvalue weighted by atomic mass is 10.0. The van der Waals surface area contributed by atoms with Crippen molar-refractivity contribution in [2.24, 2.45) is 0 Å². The van der Waals surface area contributed by atoms with Crippen molar-refractivity contribution in [3.05, 3.63) is 96.6 Å². The van der Waals surface area contributed by atoms with E-state index < -0.39 is 16.0 Å². The zero-order valence-electron chi connectivity index (χ0n) is 19.4. The summed E-state index contributed by atoms with van der Waals surface area (Å²) in [5, 5.41) is 9.92. The first-order valence-electron chi connectivity index (χ1n) is 10.9. The third-order valence-electron chi connectivity index (χ3n) is 5.91. The van der Waals surface area contributed by atoms with Gasteiger partial charge in [-0.05, 0) is 37.3 Å². The molecule has 0 atom stereocenters. The smallest absolute Gasteiger partial charge is 0.337 e. The summed E-state index contributed by atoms with van der Waals surface area (Å²) in [7, 11) is -2.41. The number of aryl methyl sites for hydroxylation is 1. The van der Waals surface area contributed by atoms with Gasteiger partial charge >= 0.3 is 5.97 Å². The van der Waals surface area contributed by atoms with Crippen molar-refractivity contribution in [2.75, 3.05) is 7.11 Å². The van der Waals surface area contributed by atoms with Gasteiger partial charge in [0.1, 0.15) is 5.75 Å². The summed E-state index contributed by atoms with van der Waals surface area (Å²) in [6.45, 7) is 1.89. The molecule has 0 aliphatic rings. The fourth-order valence-electron chi connectivity index (χ4n) is 4.04. The minimum Gasteiger partial charge on any atom is -0.496 e. The van der Waals surface area contributed by atoms with Gasteiger partial charge in [-0.2, -0.15) is 0 Å². The topological polar surface area (TPSA) is 111 Å². The minimum absolute atomic E-state index is 0.0390. The molecule has 5 aromatic rings. The Balaban J connectivity index is 1.78. The lowest BCUT2D eigenvalue weighted by Gasteiger charge is -2.08. The van der Waals surface area contributed by atoms with Crippen LogP contribution in [0.2, 0.25) is 0 Å². The predicted octanol–water partition coefficient (Wildman–Crippen LogP) is 5.02. The van der Waals surface area contributed by atoms with E-state index in [0.717, 1.165) is 5.56 Å². The number of aromatic carboxylic acids is 1. The van der Waals surface area contributed by atoms with Gasteiger partial charge in [-0.1, -0.05) is 35.9 Å². The maximum Gasteiger partial charge on any atom is 0.337 e. The molecule has 2 aromatic carbocycles. The average molecular weight is 500 g/mol.